The molecule has 0 spiro atoms. The number of nitrogens with one attached hydrogen (secondary N) is 1. The van der Waals surface area contributed by atoms with Crippen LogP contribution in [0.2, 0.25) is 0 Å². The molecule has 2 unspecified atom stereocenters. The first-order valence-electron chi connectivity index (χ1n) is 7.01. The lowest BCUT2D eigenvalue weighted by atomic mass is 10.0. The highest BCUT2D eigenvalue weighted by atomic mass is 16.1. The second-order valence-corrected chi connectivity index (χ2v) is 5.37. The van der Waals surface area contributed by atoms with Gasteiger partial charge in [0.25, 0.3) is 0 Å². The summed E-state index contributed by atoms with van der Waals surface area (Å²) in [7, 11) is 0. The number of hydrogen-bond acceptors (Lipinski definition) is 4. The molecule has 0 radical (unpaired) electrons. The van der Waals surface area contributed by atoms with Crippen LogP contribution in [0.5, 0.6) is 0 Å². The minimum absolute atomic E-state index is 0.390. The third kappa shape index (κ3) is 2.42. The van der Waals surface area contributed by atoms with E-state index in [4.69, 9.17) is 5.73 Å². The van der Waals surface area contributed by atoms with Gasteiger partial charge in [0, 0.05) is 30.4 Å². The van der Waals surface area contributed by atoms with Gasteiger partial charge in [-0.1, -0.05) is 0 Å². The van der Waals surface area contributed by atoms with Crippen molar-refractivity contribution in [3.8, 4) is 0 Å². The number of nitrogens with two attached hydrogens (primary N) is 1. The summed E-state index contributed by atoms with van der Waals surface area (Å²) in [4.78, 5) is 18.0. The second kappa shape index (κ2) is 5.17. The van der Waals surface area contributed by atoms with Crippen LogP contribution < -0.4 is 16.0 Å². The zero-order valence-corrected chi connectivity index (χ0v) is 11.0. The summed E-state index contributed by atoms with van der Waals surface area (Å²) in [5.74, 6) is 0.492. The number of hydrogen-bond donors (Lipinski definition) is 2. The number of carbonyl (C=O) groups is 1. The lowest BCUT2D eigenvalue weighted by Crippen LogP contribution is -2.44. The van der Waals surface area contributed by atoms with E-state index in [9.17, 15) is 4.79 Å². The molecule has 19 heavy (non-hydrogen) atoms. The van der Waals surface area contributed by atoms with Gasteiger partial charge < -0.3 is 16.0 Å². The van der Waals surface area contributed by atoms with E-state index in [1.54, 1.807) is 12.3 Å². The number of primary amides is 1. The highest BCUT2D eigenvalue weighted by molar-refractivity contribution is 5.93. The van der Waals surface area contributed by atoms with Crippen LogP contribution >= 0.6 is 0 Å². The van der Waals surface area contributed by atoms with Gasteiger partial charge >= 0.3 is 0 Å². The minimum Gasteiger partial charge on any atom is -0.366 e. The Labute approximate surface area is 113 Å². The third-order valence-corrected chi connectivity index (χ3v) is 4.19. The molecule has 2 aliphatic heterocycles. The fourth-order valence-corrected chi connectivity index (χ4v) is 3.26. The molecule has 0 aliphatic carbocycles. The van der Waals surface area contributed by atoms with E-state index in [1.165, 1.54) is 25.7 Å². The van der Waals surface area contributed by atoms with Gasteiger partial charge in [-0.2, -0.15) is 0 Å². The Hall–Kier alpha value is -1.62. The Morgan fingerprint density at radius 3 is 3.05 bits per heavy atom. The summed E-state index contributed by atoms with van der Waals surface area (Å²) in [5, 5.41) is 3.57. The molecule has 102 valence electrons. The molecule has 3 N–H and O–H groups in total. The number of nitrogens with zero attached hydrogens (tertiary/aromatic N) is 2. The standard InChI is InChI=1S/C14H20N4O/c15-14(19)10-5-7-17-13(9-10)18-8-2-4-12(18)11-3-1-6-16-11/h5,7,9,11-12,16H,1-4,6,8H2,(H2,15,19). The van der Waals surface area contributed by atoms with Crippen molar-refractivity contribution in [2.45, 2.75) is 37.8 Å². The molecule has 2 fully saturated rings. The van der Waals surface area contributed by atoms with Gasteiger partial charge in [0.05, 0.1) is 0 Å². The Morgan fingerprint density at radius 1 is 1.42 bits per heavy atom. The first-order valence-corrected chi connectivity index (χ1v) is 7.01. The second-order valence-electron chi connectivity index (χ2n) is 5.37. The molecule has 3 rings (SSSR count). The van der Waals surface area contributed by atoms with Crippen LogP contribution in [0, 0.1) is 0 Å². The van der Waals surface area contributed by atoms with E-state index in [2.05, 4.69) is 15.2 Å². The lowest BCUT2D eigenvalue weighted by Gasteiger charge is -2.30. The molecule has 2 atom stereocenters. The number of aromatic nitrogens is 1. The smallest absolute Gasteiger partial charge is 0.248 e. The fraction of sp³-hybridized carbons (Fsp3) is 0.571. The molecule has 3 heterocycles. The summed E-state index contributed by atoms with van der Waals surface area (Å²) >= 11 is 0. The van der Waals surface area contributed by atoms with Gasteiger partial charge in [-0.25, -0.2) is 4.98 Å². The van der Waals surface area contributed by atoms with E-state index < -0.39 is 5.91 Å². The number of carbonyl (C=O) groups excluding carboxylic acids is 1. The highest BCUT2D eigenvalue weighted by Gasteiger charge is 2.33. The third-order valence-electron chi connectivity index (χ3n) is 4.19. The summed E-state index contributed by atoms with van der Waals surface area (Å²) in [6.07, 6.45) is 6.54. The number of rotatable bonds is 3. The van der Waals surface area contributed by atoms with Crippen molar-refractivity contribution in [1.29, 1.82) is 0 Å². The molecule has 5 nitrogen and oxygen atoms in total. The van der Waals surface area contributed by atoms with E-state index in [0.717, 1.165) is 18.9 Å². The number of amides is 1. The fourth-order valence-electron chi connectivity index (χ4n) is 3.26. The summed E-state index contributed by atoms with van der Waals surface area (Å²) in [6, 6.07) is 4.54. The Morgan fingerprint density at radius 2 is 2.32 bits per heavy atom. The normalized spacial score (nSPS) is 26.8. The Kier molecular flexibility index (Phi) is 3.38. The quantitative estimate of drug-likeness (QED) is 0.847. The highest BCUT2D eigenvalue weighted by Crippen LogP contribution is 2.29. The van der Waals surface area contributed by atoms with Gasteiger partial charge in [0.2, 0.25) is 5.91 Å². The van der Waals surface area contributed by atoms with E-state index in [-0.39, 0.29) is 0 Å². The van der Waals surface area contributed by atoms with Crippen molar-refractivity contribution in [2.24, 2.45) is 5.73 Å². The zero-order chi connectivity index (χ0) is 13.2. The van der Waals surface area contributed by atoms with Gasteiger partial charge in [-0.15, -0.1) is 0 Å². The maximum Gasteiger partial charge on any atom is 0.248 e. The molecular formula is C14H20N4O. The van der Waals surface area contributed by atoms with Crippen molar-refractivity contribution < 1.29 is 4.79 Å². The largest absolute Gasteiger partial charge is 0.366 e. The summed E-state index contributed by atoms with van der Waals surface area (Å²) in [6.45, 7) is 2.13. The van der Waals surface area contributed by atoms with Crippen LogP contribution in [0.3, 0.4) is 0 Å². The van der Waals surface area contributed by atoms with Gasteiger partial charge in [0.1, 0.15) is 5.82 Å². The average molecular weight is 260 g/mol. The first kappa shape index (κ1) is 12.4. The van der Waals surface area contributed by atoms with Crippen LogP contribution in [0.4, 0.5) is 5.82 Å². The summed E-state index contributed by atoms with van der Waals surface area (Å²) in [5.41, 5.74) is 5.88. The molecule has 2 aliphatic rings. The maximum absolute atomic E-state index is 11.3. The van der Waals surface area contributed by atoms with Gasteiger partial charge in [-0.05, 0) is 44.4 Å². The van der Waals surface area contributed by atoms with Crippen molar-refractivity contribution >= 4 is 11.7 Å². The van der Waals surface area contributed by atoms with Crippen LogP contribution in [-0.2, 0) is 0 Å². The SMILES string of the molecule is NC(=O)c1ccnc(N2CCCC2C2CCCN2)c1. The molecule has 1 aromatic rings. The Balaban J connectivity index is 1.83. The molecule has 0 aromatic carbocycles. The van der Waals surface area contributed by atoms with E-state index in [0.29, 0.717) is 17.6 Å². The number of anilines is 1. The molecule has 1 amide bonds. The molecular weight excluding hydrogens is 240 g/mol. The van der Waals surface area contributed by atoms with E-state index >= 15 is 0 Å². The predicted molar refractivity (Wildman–Crippen MR) is 74.1 cm³/mol. The molecule has 5 heteroatoms. The predicted octanol–water partition coefficient (Wildman–Crippen LogP) is 0.901. The molecule has 1 aromatic heterocycles. The van der Waals surface area contributed by atoms with Crippen molar-refractivity contribution in [2.75, 3.05) is 18.0 Å². The van der Waals surface area contributed by atoms with Crippen LogP contribution in [0.1, 0.15) is 36.0 Å². The van der Waals surface area contributed by atoms with Crippen LogP contribution in [0.15, 0.2) is 18.3 Å². The molecule has 0 bridgehead atoms. The monoisotopic (exact) mass is 260 g/mol. The Bertz CT molecular complexity index is 470. The van der Waals surface area contributed by atoms with Crippen LogP contribution in [-0.4, -0.2) is 36.1 Å². The minimum atomic E-state index is -0.390. The maximum atomic E-state index is 11.3. The van der Waals surface area contributed by atoms with Crippen molar-refractivity contribution in [3.05, 3.63) is 23.9 Å². The average Bonchev–Trinajstić information content (AvgIpc) is 3.09. The van der Waals surface area contributed by atoms with Gasteiger partial charge in [0.15, 0.2) is 0 Å². The zero-order valence-electron chi connectivity index (χ0n) is 11.0. The number of pyridine rings is 1. The van der Waals surface area contributed by atoms with Gasteiger partial charge in [-0.3, -0.25) is 4.79 Å². The molecule has 2 saturated heterocycles. The van der Waals surface area contributed by atoms with Crippen molar-refractivity contribution in [1.82, 2.24) is 10.3 Å². The molecule has 0 saturated carbocycles. The summed E-state index contributed by atoms with van der Waals surface area (Å²) < 4.78 is 0. The van der Waals surface area contributed by atoms with E-state index in [1.807, 2.05) is 6.07 Å². The lowest BCUT2D eigenvalue weighted by molar-refractivity contribution is 0.1000. The topological polar surface area (TPSA) is 71.2 Å². The van der Waals surface area contributed by atoms with Crippen molar-refractivity contribution in [3.63, 3.8) is 0 Å². The first-order chi connectivity index (χ1) is 9.25. The van der Waals surface area contributed by atoms with Crippen LogP contribution in [0.25, 0.3) is 0 Å².